The van der Waals surface area contributed by atoms with Crippen molar-refractivity contribution in [2.45, 2.75) is 13.5 Å². The molecule has 1 amide bonds. The lowest BCUT2D eigenvalue weighted by molar-refractivity contribution is -0.120. The normalized spacial score (nSPS) is 10.5. The first-order valence-electron chi connectivity index (χ1n) is 8.23. The topological polar surface area (TPSA) is 86.5 Å². The minimum absolute atomic E-state index is 0.0197. The first-order valence-corrected chi connectivity index (χ1v) is 8.23. The van der Waals surface area contributed by atoms with Crippen LogP contribution in [0, 0.1) is 0 Å². The van der Waals surface area contributed by atoms with Gasteiger partial charge in [-0.1, -0.05) is 24.3 Å². The third kappa shape index (κ3) is 4.90. The molecule has 0 spiro atoms. The van der Waals surface area contributed by atoms with Gasteiger partial charge < -0.3 is 19.2 Å². The summed E-state index contributed by atoms with van der Waals surface area (Å²) in [6, 6.07) is 16.6. The van der Waals surface area contributed by atoms with Gasteiger partial charge in [0.05, 0.1) is 0 Å². The number of carbonyl (C=O) groups is 1. The summed E-state index contributed by atoms with van der Waals surface area (Å²) in [4.78, 5) is 11.7. The summed E-state index contributed by atoms with van der Waals surface area (Å²) in [6.45, 7) is 2.48. The van der Waals surface area contributed by atoms with Crippen LogP contribution >= 0.6 is 0 Å². The molecule has 1 heterocycles. The van der Waals surface area contributed by atoms with Crippen molar-refractivity contribution in [3.05, 3.63) is 60.5 Å². The van der Waals surface area contributed by atoms with Crippen molar-refractivity contribution in [2.24, 2.45) is 0 Å². The Morgan fingerprint density at radius 1 is 1.12 bits per heavy atom. The number of hydrogen-bond donors (Lipinski definition) is 1. The molecule has 0 saturated carbocycles. The third-order valence-corrected chi connectivity index (χ3v) is 3.40. The zero-order valence-electron chi connectivity index (χ0n) is 14.3. The molecule has 0 radical (unpaired) electrons. The van der Waals surface area contributed by atoms with Crippen LogP contribution in [0.1, 0.15) is 12.8 Å². The van der Waals surface area contributed by atoms with Crippen molar-refractivity contribution in [2.75, 3.05) is 18.5 Å². The Balaban J connectivity index is 1.57. The number of nitrogens with one attached hydrogen (secondary N) is 1. The van der Waals surface area contributed by atoms with Gasteiger partial charge in [0.2, 0.25) is 11.8 Å². The lowest BCUT2D eigenvalue weighted by Crippen LogP contribution is -2.18. The molecule has 0 aliphatic heterocycles. The van der Waals surface area contributed by atoms with Gasteiger partial charge in [0.15, 0.2) is 6.61 Å². The molecule has 3 rings (SSSR count). The Bertz CT molecular complexity index is 849. The molecule has 0 saturated heterocycles. The Morgan fingerprint density at radius 3 is 2.77 bits per heavy atom. The molecule has 7 heteroatoms. The standard InChI is InChI=1S/C19H19N3O4/c1-2-24-12-17(23)20-15-9-6-10-16(11-15)25-13-18-21-22-19(26-18)14-7-4-3-5-8-14/h3-11H,2,12-13H2,1H3,(H,20,23). The molecule has 0 aliphatic carbocycles. The molecule has 7 nitrogen and oxygen atoms in total. The van der Waals surface area contributed by atoms with E-state index in [1.807, 2.05) is 37.3 Å². The van der Waals surface area contributed by atoms with Crippen molar-refractivity contribution < 1.29 is 18.7 Å². The average Bonchev–Trinajstić information content (AvgIpc) is 3.15. The largest absolute Gasteiger partial charge is 0.484 e. The Labute approximate surface area is 151 Å². The van der Waals surface area contributed by atoms with E-state index in [9.17, 15) is 4.79 Å². The van der Waals surface area contributed by atoms with Crippen LogP contribution in [0.4, 0.5) is 5.69 Å². The predicted molar refractivity (Wildman–Crippen MR) is 95.6 cm³/mol. The summed E-state index contributed by atoms with van der Waals surface area (Å²) in [5, 5.41) is 10.7. The van der Waals surface area contributed by atoms with Crippen LogP contribution in [-0.2, 0) is 16.1 Å². The Morgan fingerprint density at radius 2 is 1.96 bits per heavy atom. The van der Waals surface area contributed by atoms with Crippen LogP contribution in [0.25, 0.3) is 11.5 Å². The molecule has 3 aromatic rings. The van der Waals surface area contributed by atoms with Gasteiger partial charge in [0, 0.05) is 23.9 Å². The molecule has 1 aromatic heterocycles. The molecule has 0 fully saturated rings. The highest BCUT2D eigenvalue weighted by Crippen LogP contribution is 2.20. The summed E-state index contributed by atoms with van der Waals surface area (Å²) in [5.41, 5.74) is 1.48. The predicted octanol–water partition coefficient (Wildman–Crippen LogP) is 3.29. The fourth-order valence-electron chi connectivity index (χ4n) is 2.21. The first-order chi connectivity index (χ1) is 12.7. The lowest BCUT2D eigenvalue weighted by Gasteiger charge is -2.08. The molecular weight excluding hydrogens is 334 g/mol. The van der Waals surface area contributed by atoms with Crippen molar-refractivity contribution in [3.8, 4) is 17.2 Å². The van der Waals surface area contributed by atoms with E-state index in [0.29, 0.717) is 29.8 Å². The molecular formula is C19H19N3O4. The summed E-state index contributed by atoms with van der Waals surface area (Å²) < 4.78 is 16.3. The monoisotopic (exact) mass is 353 g/mol. The van der Waals surface area contributed by atoms with Crippen LogP contribution < -0.4 is 10.1 Å². The average molecular weight is 353 g/mol. The number of carbonyl (C=O) groups excluding carboxylic acids is 1. The Kier molecular flexibility index (Phi) is 5.95. The highest BCUT2D eigenvalue weighted by atomic mass is 16.5. The van der Waals surface area contributed by atoms with Crippen molar-refractivity contribution in [1.82, 2.24) is 10.2 Å². The highest BCUT2D eigenvalue weighted by Gasteiger charge is 2.09. The van der Waals surface area contributed by atoms with Gasteiger partial charge in [0.1, 0.15) is 12.4 Å². The molecule has 0 unspecified atom stereocenters. The van der Waals surface area contributed by atoms with E-state index in [0.717, 1.165) is 5.56 Å². The number of ether oxygens (including phenoxy) is 2. The van der Waals surface area contributed by atoms with Crippen LogP contribution in [0.3, 0.4) is 0 Å². The summed E-state index contributed by atoms with van der Waals surface area (Å²) in [6.07, 6.45) is 0. The number of rotatable bonds is 8. The number of benzene rings is 2. The maximum Gasteiger partial charge on any atom is 0.254 e. The minimum atomic E-state index is -0.214. The molecule has 2 aromatic carbocycles. The molecule has 0 bridgehead atoms. The molecule has 26 heavy (non-hydrogen) atoms. The third-order valence-electron chi connectivity index (χ3n) is 3.40. The molecule has 1 N–H and O–H groups in total. The smallest absolute Gasteiger partial charge is 0.254 e. The fourth-order valence-corrected chi connectivity index (χ4v) is 2.21. The van der Waals surface area contributed by atoms with Gasteiger partial charge in [0.25, 0.3) is 5.89 Å². The number of anilines is 1. The van der Waals surface area contributed by atoms with Gasteiger partial charge >= 0.3 is 0 Å². The minimum Gasteiger partial charge on any atom is -0.484 e. The second-order valence-electron chi connectivity index (χ2n) is 5.37. The summed E-state index contributed by atoms with van der Waals surface area (Å²) in [7, 11) is 0. The zero-order chi connectivity index (χ0) is 18.2. The molecule has 0 aliphatic rings. The summed E-state index contributed by atoms with van der Waals surface area (Å²) in [5.74, 6) is 1.18. The number of amides is 1. The van der Waals surface area contributed by atoms with Crippen LogP contribution in [0.2, 0.25) is 0 Å². The fraction of sp³-hybridized carbons (Fsp3) is 0.211. The first kappa shape index (κ1) is 17.6. The summed E-state index contributed by atoms with van der Waals surface area (Å²) >= 11 is 0. The maximum atomic E-state index is 11.7. The number of hydrogen-bond acceptors (Lipinski definition) is 6. The SMILES string of the molecule is CCOCC(=O)Nc1cccc(OCc2nnc(-c3ccccc3)o2)c1. The van der Waals surface area contributed by atoms with Crippen LogP contribution in [-0.4, -0.2) is 29.3 Å². The van der Waals surface area contributed by atoms with E-state index >= 15 is 0 Å². The van der Waals surface area contributed by atoms with E-state index in [4.69, 9.17) is 13.9 Å². The van der Waals surface area contributed by atoms with E-state index in [1.54, 1.807) is 24.3 Å². The van der Waals surface area contributed by atoms with Crippen molar-refractivity contribution in [1.29, 1.82) is 0 Å². The van der Waals surface area contributed by atoms with Gasteiger partial charge in [-0.05, 0) is 31.2 Å². The van der Waals surface area contributed by atoms with E-state index < -0.39 is 0 Å². The van der Waals surface area contributed by atoms with Crippen molar-refractivity contribution in [3.63, 3.8) is 0 Å². The number of nitrogens with zero attached hydrogens (tertiary/aromatic N) is 2. The van der Waals surface area contributed by atoms with Crippen LogP contribution in [0.15, 0.2) is 59.0 Å². The molecule has 134 valence electrons. The number of aromatic nitrogens is 2. The lowest BCUT2D eigenvalue weighted by atomic mass is 10.2. The van der Waals surface area contributed by atoms with Crippen LogP contribution in [0.5, 0.6) is 5.75 Å². The van der Waals surface area contributed by atoms with Gasteiger partial charge in [-0.25, -0.2) is 0 Å². The van der Waals surface area contributed by atoms with E-state index in [1.165, 1.54) is 0 Å². The van der Waals surface area contributed by atoms with Crippen molar-refractivity contribution >= 4 is 11.6 Å². The second-order valence-corrected chi connectivity index (χ2v) is 5.37. The van der Waals surface area contributed by atoms with Gasteiger partial charge in [-0.15, -0.1) is 10.2 Å². The van der Waals surface area contributed by atoms with E-state index in [2.05, 4.69) is 15.5 Å². The van der Waals surface area contributed by atoms with E-state index in [-0.39, 0.29) is 19.1 Å². The second kappa shape index (κ2) is 8.77. The van der Waals surface area contributed by atoms with Gasteiger partial charge in [-0.2, -0.15) is 0 Å². The zero-order valence-corrected chi connectivity index (χ0v) is 14.3. The van der Waals surface area contributed by atoms with Gasteiger partial charge in [-0.3, -0.25) is 4.79 Å². The molecule has 0 atom stereocenters. The quantitative estimate of drug-likeness (QED) is 0.669. The highest BCUT2D eigenvalue weighted by molar-refractivity contribution is 5.91. The Hall–Kier alpha value is -3.19. The maximum absolute atomic E-state index is 11.7.